The molecule has 0 aromatic carbocycles. The van der Waals surface area contributed by atoms with Crippen molar-refractivity contribution in [2.24, 2.45) is 0 Å². The van der Waals surface area contributed by atoms with Gasteiger partial charge in [-0.15, -0.1) is 0 Å². The van der Waals surface area contributed by atoms with Crippen LogP contribution in [0.1, 0.15) is 12.8 Å². The minimum Gasteiger partial charge on any atom is -0.320 e. The third-order valence-corrected chi connectivity index (χ3v) is 5.81. The Morgan fingerprint density at radius 3 is 2.80 bits per heavy atom. The van der Waals surface area contributed by atoms with Gasteiger partial charge in [0, 0.05) is 18.8 Å². The van der Waals surface area contributed by atoms with Crippen LogP contribution in [0.3, 0.4) is 0 Å². The molecule has 0 radical (unpaired) electrons. The molecular formula is C9H20N2O2S2. The first-order chi connectivity index (χ1) is 7.08. The molecular weight excluding hydrogens is 232 g/mol. The number of hydrogen-bond acceptors (Lipinski definition) is 4. The monoisotopic (exact) mass is 252 g/mol. The van der Waals surface area contributed by atoms with Gasteiger partial charge in [0.15, 0.2) is 0 Å². The summed E-state index contributed by atoms with van der Waals surface area (Å²) in [4.78, 5) is 0. The SMILES string of the molecule is CNCCCS(=O)(=O)N(C)C1CCSC1. The van der Waals surface area contributed by atoms with Crippen molar-refractivity contribution in [3.8, 4) is 0 Å². The highest BCUT2D eigenvalue weighted by atomic mass is 32.2. The third-order valence-electron chi connectivity index (χ3n) is 2.69. The van der Waals surface area contributed by atoms with Crippen LogP contribution in [-0.2, 0) is 10.0 Å². The fraction of sp³-hybridized carbons (Fsp3) is 1.00. The minimum atomic E-state index is -3.04. The molecule has 0 saturated carbocycles. The molecule has 1 N–H and O–H groups in total. The van der Waals surface area contributed by atoms with Crippen LogP contribution in [0.5, 0.6) is 0 Å². The summed E-state index contributed by atoms with van der Waals surface area (Å²) in [5, 5.41) is 2.96. The van der Waals surface area contributed by atoms with Crippen molar-refractivity contribution in [2.75, 3.05) is 37.9 Å². The van der Waals surface area contributed by atoms with Gasteiger partial charge in [-0.25, -0.2) is 12.7 Å². The second kappa shape index (κ2) is 6.08. The van der Waals surface area contributed by atoms with E-state index in [2.05, 4.69) is 5.32 Å². The maximum atomic E-state index is 11.9. The lowest BCUT2D eigenvalue weighted by atomic mass is 10.3. The van der Waals surface area contributed by atoms with Gasteiger partial charge in [0.25, 0.3) is 0 Å². The van der Waals surface area contributed by atoms with E-state index < -0.39 is 10.0 Å². The average Bonchev–Trinajstić information content (AvgIpc) is 2.69. The molecule has 1 fully saturated rings. The molecule has 0 aromatic heterocycles. The van der Waals surface area contributed by atoms with Gasteiger partial charge in [-0.2, -0.15) is 11.8 Å². The van der Waals surface area contributed by atoms with Crippen molar-refractivity contribution < 1.29 is 8.42 Å². The van der Waals surface area contributed by atoms with E-state index in [1.165, 1.54) is 0 Å². The van der Waals surface area contributed by atoms with Gasteiger partial charge in [0.05, 0.1) is 5.75 Å². The zero-order valence-electron chi connectivity index (χ0n) is 9.40. The van der Waals surface area contributed by atoms with Crippen LogP contribution in [0.25, 0.3) is 0 Å². The van der Waals surface area contributed by atoms with Crippen LogP contribution in [-0.4, -0.2) is 56.7 Å². The molecule has 1 aliphatic heterocycles. The Morgan fingerprint density at radius 2 is 2.27 bits per heavy atom. The minimum absolute atomic E-state index is 0.217. The predicted octanol–water partition coefficient (Wildman–Crippen LogP) is 0.363. The molecule has 4 nitrogen and oxygen atoms in total. The van der Waals surface area contributed by atoms with Crippen LogP contribution in [0, 0.1) is 0 Å². The summed E-state index contributed by atoms with van der Waals surface area (Å²) >= 11 is 1.84. The zero-order chi connectivity index (χ0) is 11.3. The van der Waals surface area contributed by atoms with Gasteiger partial charge in [-0.05, 0) is 32.2 Å². The molecule has 6 heteroatoms. The summed E-state index contributed by atoms with van der Waals surface area (Å²) in [6.45, 7) is 0.756. The van der Waals surface area contributed by atoms with E-state index in [1.807, 2.05) is 18.8 Å². The molecule has 1 saturated heterocycles. The Labute approximate surface area is 96.8 Å². The first-order valence-electron chi connectivity index (χ1n) is 5.26. The van der Waals surface area contributed by atoms with Crippen molar-refractivity contribution in [1.29, 1.82) is 0 Å². The number of rotatable bonds is 6. The fourth-order valence-corrected chi connectivity index (χ4v) is 4.40. The first-order valence-corrected chi connectivity index (χ1v) is 8.02. The van der Waals surface area contributed by atoms with Crippen molar-refractivity contribution in [3.63, 3.8) is 0 Å². The number of hydrogen-bond donors (Lipinski definition) is 1. The second-order valence-corrected chi connectivity index (χ2v) is 7.10. The van der Waals surface area contributed by atoms with Crippen LogP contribution in [0.2, 0.25) is 0 Å². The smallest absolute Gasteiger partial charge is 0.214 e. The van der Waals surface area contributed by atoms with Gasteiger partial charge < -0.3 is 5.32 Å². The van der Waals surface area contributed by atoms with E-state index in [1.54, 1.807) is 11.4 Å². The summed E-state index contributed by atoms with van der Waals surface area (Å²) in [6.07, 6.45) is 1.68. The maximum Gasteiger partial charge on any atom is 0.214 e. The highest BCUT2D eigenvalue weighted by Crippen LogP contribution is 2.23. The Balaban J connectivity index is 2.44. The average molecular weight is 252 g/mol. The van der Waals surface area contributed by atoms with Crippen molar-refractivity contribution >= 4 is 21.8 Å². The van der Waals surface area contributed by atoms with E-state index in [0.717, 1.165) is 24.5 Å². The summed E-state index contributed by atoms with van der Waals surface area (Å²) in [7, 11) is 0.515. The summed E-state index contributed by atoms with van der Waals surface area (Å²) in [6, 6.07) is 0.217. The Morgan fingerprint density at radius 1 is 1.53 bits per heavy atom. The van der Waals surface area contributed by atoms with Gasteiger partial charge >= 0.3 is 0 Å². The summed E-state index contributed by atoms with van der Waals surface area (Å²) in [5.74, 6) is 2.29. The molecule has 0 bridgehead atoms. The molecule has 1 aliphatic rings. The molecule has 1 atom stereocenters. The van der Waals surface area contributed by atoms with Gasteiger partial charge in [-0.3, -0.25) is 0 Å². The molecule has 0 amide bonds. The quantitative estimate of drug-likeness (QED) is 0.694. The standard InChI is InChI=1S/C9H20N2O2S2/c1-10-5-3-7-15(12,13)11(2)9-4-6-14-8-9/h9-10H,3-8H2,1-2H3. The zero-order valence-corrected chi connectivity index (χ0v) is 11.0. The van der Waals surface area contributed by atoms with Crippen molar-refractivity contribution in [3.05, 3.63) is 0 Å². The lowest BCUT2D eigenvalue weighted by Gasteiger charge is -2.22. The van der Waals surface area contributed by atoms with E-state index in [9.17, 15) is 8.42 Å². The topological polar surface area (TPSA) is 49.4 Å². The van der Waals surface area contributed by atoms with Gasteiger partial charge in [0.2, 0.25) is 10.0 Å². The van der Waals surface area contributed by atoms with E-state index in [0.29, 0.717) is 6.42 Å². The highest BCUT2D eigenvalue weighted by Gasteiger charge is 2.28. The Hall–Kier alpha value is 0.220. The number of thioether (sulfide) groups is 1. The molecule has 0 aromatic rings. The third kappa shape index (κ3) is 3.94. The Bertz CT molecular complexity index is 274. The fourth-order valence-electron chi connectivity index (χ4n) is 1.61. The highest BCUT2D eigenvalue weighted by molar-refractivity contribution is 7.99. The van der Waals surface area contributed by atoms with Crippen LogP contribution < -0.4 is 5.32 Å². The molecule has 1 rings (SSSR count). The van der Waals surface area contributed by atoms with E-state index >= 15 is 0 Å². The molecule has 15 heavy (non-hydrogen) atoms. The lowest BCUT2D eigenvalue weighted by molar-refractivity contribution is 0.394. The molecule has 90 valence electrons. The normalized spacial score (nSPS) is 22.5. The lowest BCUT2D eigenvalue weighted by Crippen LogP contribution is -2.38. The van der Waals surface area contributed by atoms with E-state index in [-0.39, 0.29) is 11.8 Å². The summed E-state index contributed by atoms with van der Waals surface area (Å²) in [5.41, 5.74) is 0. The first kappa shape index (κ1) is 13.3. The molecule has 0 aliphatic carbocycles. The van der Waals surface area contributed by atoms with Crippen LogP contribution >= 0.6 is 11.8 Å². The van der Waals surface area contributed by atoms with Gasteiger partial charge in [-0.1, -0.05) is 0 Å². The second-order valence-electron chi connectivity index (χ2n) is 3.81. The van der Waals surface area contributed by atoms with Crippen molar-refractivity contribution in [2.45, 2.75) is 18.9 Å². The summed E-state index contributed by atoms with van der Waals surface area (Å²) < 4.78 is 25.3. The van der Waals surface area contributed by atoms with E-state index in [4.69, 9.17) is 0 Å². The largest absolute Gasteiger partial charge is 0.320 e. The number of nitrogens with one attached hydrogen (secondary N) is 1. The number of nitrogens with zero attached hydrogens (tertiary/aromatic N) is 1. The van der Waals surface area contributed by atoms with Crippen LogP contribution in [0.15, 0.2) is 0 Å². The molecule has 0 spiro atoms. The Kier molecular flexibility index (Phi) is 5.38. The van der Waals surface area contributed by atoms with Crippen molar-refractivity contribution in [1.82, 2.24) is 9.62 Å². The van der Waals surface area contributed by atoms with Gasteiger partial charge in [0.1, 0.15) is 0 Å². The van der Waals surface area contributed by atoms with Crippen LogP contribution in [0.4, 0.5) is 0 Å². The maximum absolute atomic E-state index is 11.9. The molecule has 1 heterocycles. The number of sulfonamides is 1. The predicted molar refractivity (Wildman–Crippen MR) is 65.8 cm³/mol. The molecule has 1 unspecified atom stereocenters.